The number of fused-ring (bicyclic) bond motifs is 1. The van der Waals surface area contributed by atoms with E-state index in [2.05, 4.69) is 19.2 Å². The summed E-state index contributed by atoms with van der Waals surface area (Å²) in [4.78, 5) is 18.0. The van der Waals surface area contributed by atoms with Crippen molar-refractivity contribution >= 4 is 11.7 Å². The fraction of sp³-hybridized carbons (Fsp3) is 0.292. The Hall–Kier alpha value is -3.61. The fourth-order valence-corrected chi connectivity index (χ4v) is 4.47. The maximum atomic E-state index is 13.3. The van der Waals surface area contributed by atoms with Crippen molar-refractivity contribution in [2.75, 3.05) is 12.4 Å². The van der Waals surface area contributed by atoms with E-state index < -0.39 is 0 Å². The van der Waals surface area contributed by atoms with Gasteiger partial charge in [-0.3, -0.25) is 4.79 Å². The number of benzene rings is 2. The number of nitrogens with one attached hydrogen (secondary N) is 1. The number of rotatable bonds is 3. The summed E-state index contributed by atoms with van der Waals surface area (Å²) in [6.07, 6.45) is 1.25. The Bertz CT molecular complexity index is 1210. The minimum absolute atomic E-state index is 0.121. The Morgan fingerprint density at radius 1 is 1.16 bits per heavy atom. The number of carbonyl (C=O) groups excluding carboxylic acids is 1. The highest BCUT2D eigenvalue weighted by Crippen LogP contribution is 2.45. The van der Waals surface area contributed by atoms with Gasteiger partial charge in [0.2, 0.25) is 5.95 Å². The molecule has 2 N–H and O–H groups in total. The largest absolute Gasteiger partial charge is 0.508 e. The van der Waals surface area contributed by atoms with Crippen LogP contribution >= 0.6 is 0 Å². The Balaban J connectivity index is 1.67. The molecular weight excluding hydrogens is 392 g/mol. The monoisotopic (exact) mass is 416 g/mol. The molecule has 158 valence electrons. The minimum Gasteiger partial charge on any atom is -0.508 e. The number of anilines is 1. The number of aromatic hydroxyl groups is 1. The van der Waals surface area contributed by atoms with E-state index >= 15 is 0 Å². The zero-order chi connectivity index (χ0) is 21.8. The van der Waals surface area contributed by atoms with Gasteiger partial charge in [-0.1, -0.05) is 38.1 Å². The minimum atomic E-state index is -0.376. The number of ether oxygens (including phenoxy) is 1. The molecule has 3 aromatic rings. The molecule has 0 amide bonds. The molecule has 7 heteroatoms. The molecule has 7 nitrogen and oxygen atoms in total. The molecule has 5 rings (SSSR count). The Morgan fingerprint density at radius 2 is 1.94 bits per heavy atom. The van der Waals surface area contributed by atoms with Gasteiger partial charge in [0.05, 0.1) is 7.11 Å². The average molecular weight is 416 g/mol. The summed E-state index contributed by atoms with van der Waals surface area (Å²) in [5.74, 6) is 2.10. The molecule has 0 radical (unpaired) electrons. The van der Waals surface area contributed by atoms with Gasteiger partial charge in [-0.2, -0.15) is 4.98 Å². The number of carbonyl (C=O) groups is 1. The van der Waals surface area contributed by atoms with Crippen LogP contribution in [-0.2, 0) is 4.79 Å². The number of phenolic OH excluding ortho intramolecular Hbond substituents is 1. The summed E-state index contributed by atoms with van der Waals surface area (Å²) in [5, 5.41) is 18.0. The van der Waals surface area contributed by atoms with E-state index in [1.54, 1.807) is 30.0 Å². The maximum Gasteiger partial charge on any atom is 0.226 e. The topological polar surface area (TPSA) is 89.3 Å². The van der Waals surface area contributed by atoms with Gasteiger partial charge in [-0.05, 0) is 41.7 Å². The van der Waals surface area contributed by atoms with Crippen molar-refractivity contribution in [3.63, 3.8) is 0 Å². The van der Waals surface area contributed by atoms with E-state index in [4.69, 9.17) is 14.8 Å². The molecular formula is C24H24N4O3. The van der Waals surface area contributed by atoms with Crippen molar-refractivity contribution in [2.24, 2.45) is 5.41 Å². The van der Waals surface area contributed by atoms with E-state index in [1.165, 1.54) is 0 Å². The van der Waals surface area contributed by atoms with Crippen LogP contribution in [0.15, 0.2) is 59.8 Å². The summed E-state index contributed by atoms with van der Waals surface area (Å²) in [7, 11) is 1.63. The highest BCUT2D eigenvalue weighted by molar-refractivity contribution is 6.00. The number of methoxy groups -OCH3 is 1. The number of phenols is 1. The second kappa shape index (κ2) is 6.97. The van der Waals surface area contributed by atoms with Crippen LogP contribution in [0.3, 0.4) is 0 Å². The molecule has 1 atom stereocenters. The molecule has 2 aliphatic rings. The number of aromatic nitrogens is 3. The molecule has 0 fully saturated rings. The molecule has 2 aromatic carbocycles. The summed E-state index contributed by atoms with van der Waals surface area (Å²) < 4.78 is 7.08. The third-order valence-corrected chi connectivity index (χ3v) is 5.87. The first-order chi connectivity index (χ1) is 14.8. The number of ketones is 1. The van der Waals surface area contributed by atoms with Crippen molar-refractivity contribution in [2.45, 2.75) is 32.7 Å². The van der Waals surface area contributed by atoms with Gasteiger partial charge >= 0.3 is 0 Å². The SMILES string of the molecule is COc1ccc(C2C3=C(CC(C)(C)CC3=O)Nc3nc(-c4cccc(O)c4)nn32)cc1. The van der Waals surface area contributed by atoms with E-state index in [1.807, 2.05) is 30.3 Å². The Kier molecular flexibility index (Phi) is 4.36. The summed E-state index contributed by atoms with van der Waals surface area (Å²) in [6, 6.07) is 14.2. The number of Topliss-reactive ketones (excluding diaryl/α,β-unsaturated/α-hetero) is 1. The average Bonchev–Trinajstić information content (AvgIpc) is 3.15. The van der Waals surface area contributed by atoms with Gasteiger partial charge in [-0.15, -0.1) is 5.10 Å². The smallest absolute Gasteiger partial charge is 0.226 e. The third-order valence-electron chi connectivity index (χ3n) is 5.87. The Labute approximate surface area is 180 Å². The van der Waals surface area contributed by atoms with Gasteiger partial charge in [-0.25, -0.2) is 4.68 Å². The van der Waals surface area contributed by atoms with Gasteiger partial charge in [0.25, 0.3) is 0 Å². The Morgan fingerprint density at radius 3 is 2.65 bits per heavy atom. The number of hydrogen-bond acceptors (Lipinski definition) is 6. The van der Waals surface area contributed by atoms with E-state index in [-0.39, 0.29) is 23.0 Å². The molecule has 0 saturated heterocycles. The lowest BCUT2D eigenvalue weighted by molar-refractivity contribution is -0.118. The second-order valence-corrected chi connectivity index (χ2v) is 8.89. The lowest BCUT2D eigenvalue weighted by Gasteiger charge is -2.38. The van der Waals surface area contributed by atoms with Gasteiger partial charge in [0.1, 0.15) is 17.5 Å². The van der Waals surface area contributed by atoms with Crippen molar-refractivity contribution in [3.05, 3.63) is 65.4 Å². The van der Waals surface area contributed by atoms with Crippen molar-refractivity contribution < 1.29 is 14.6 Å². The number of nitrogens with zero attached hydrogens (tertiary/aromatic N) is 3. The maximum absolute atomic E-state index is 13.3. The van der Waals surface area contributed by atoms with Crippen LogP contribution < -0.4 is 10.1 Å². The predicted molar refractivity (Wildman–Crippen MR) is 117 cm³/mol. The first-order valence-electron chi connectivity index (χ1n) is 10.3. The predicted octanol–water partition coefficient (Wildman–Crippen LogP) is 4.32. The third kappa shape index (κ3) is 3.36. The molecule has 2 heterocycles. The summed E-state index contributed by atoms with van der Waals surface area (Å²) in [6.45, 7) is 4.21. The lowest BCUT2D eigenvalue weighted by atomic mass is 9.73. The summed E-state index contributed by atoms with van der Waals surface area (Å²) in [5.41, 5.74) is 3.18. The van der Waals surface area contributed by atoms with Gasteiger partial charge < -0.3 is 15.2 Å². The molecule has 1 aliphatic heterocycles. The quantitative estimate of drug-likeness (QED) is 0.661. The van der Waals surface area contributed by atoms with Gasteiger partial charge in [0, 0.05) is 23.3 Å². The molecule has 1 aromatic heterocycles. The summed E-state index contributed by atoms with van der Waals surface area (Å²) >= 11 is 0. The lowest BCUT2D eigenvalue weighted by Crippen LogP contribution is -2.36. The standard InChI is InChI=1S/C24H24N4O3/c1-24(2)12-18-20(19(30)13-24)21(14-7-9-17(31-3)10-8-14)28-23(25-18)26-22(27-28)15-5-4-6-16(29)11-15/h4-11,21,29H,12-13H2,1-3H3,(H,25,26,27). The van der Waals surface area contributed by atoms with Crippen LogP contribution in [0.1, 0.15) is 38.3 Å². The second-order valence-electron chi connectivity index (χ2n) is 8.89. The highest BCUT2D eigenvalue weighted by Gasteiger charge is 2.41. The molecule has 0 bridgehead atoms. The highest BCUT2D eigenvalue weighted by atomic mass is 16.5. The van der Waals surface area contributed by atoms with Crippen LogP contribution in [0.25, 0.3) is 11.4 Å². The molecule has 1 unspecified atom stereocenters. The van der Waals surface area contributed by atoms with Crippen LogP contribution in [0.2, 0.25) is 0 Å². The molecule has 31 heavy (non-hydrogen) atoms. The first kappa shape index (κ1) is 19.4. The molecule has 0 saturated carbocycles. The number of hydrogen-bond donors (Lipinski definition) is 2. The van der Waals surface area contributed by atoms with Crippen molar-refractivity contribution in [1.82, 2.24) is 14.8 Å². The normalized spacial score (nSPS) is 19.5. The van der Waals surface area contributed by atoms with Crippen molar-refractivity contribution in [1.29, 1.82) is 0 Å². The molecule has 0 spiro atoms. The van der Waals surface area contributed by atoms with Crippen LogP contribution in [-0.4, -0.2) is 32.8 Å². The van der Waals surface area contributed by atoms with Crippen LogP contribution in [0.4, 0.5) is 5.95 Å². The number of allylic oxidation sites excluding steroid dienone is 2. The van der Waals surface area contributed by atoms with Crippen LogP contribution in [0.5, 0.6) is 11.5 Å². The van der Waals surface area contributed by atoms with Crippen molar-refractivity contribution in [3.8, 4) is 22.9 Å². The fourth-order valence-electron chi connectivity index (χ4n) is 4.47. The van der Waals surface area contributed by atoms with E-state index in [9.17, 15) is 9.90 Å². The van der Waals surface area contributed by atoms with Gasteiger partial charge in [0.15, 0.2) is 11.6 Å². The van der Waals surface area contributed by atoms with E-state index in [0.29, 0.717) is 23.8 Å². The first-order valence-corrected chi connectivity index (χ1v) is 10.3. The van der Waals surface area contributed by atoms with E-state index in [0.717, 1.165) is 29.0 Å². The van der Waals surface area contributed by atoms with Crippen LogP contribution in [0, 0.1) is 5.41 Å². The molecule has 1 aliphatic carbocycles. The zero-order valence-corrected chi connectivity index (χ0v) is 17.7. The zero-order valence-electron chi connectivity index (χ0n) is 17.7.